The van der Waals surface area contributed by atoms with E-state index in [1.54, 1.807) is 13.2 Å². The summed E-state index contributed by atoms with van der Waals surface area (Å²) in [6, 6.07) is 9.65. The molecule has 1 aromatic carbocycles. The number of aliphatic hydroxyl groups excluding tert-OH is 1. The number of aliphatic hydroxyl groups is 2. The Hall–Kier alpha value is -2.64. The standard InChI is InChI=1S/C22H28N4O3/c1-14-5-4-6-17(23-14)21(27)24-19-11-15-13-26(25-18(15)12-20(19)29-3)16-7-9-22(2,28)10-8-16/h4-6,11-13,16,21,24,27-28H,7-10H2,1-3H3. The van der Waals surface area contributed by atoms with E-state index in [0.717, 1.165) is 42.3 Å². The first-order valence-corrected chi connectivity index (χ1v) is 10.0. The van der Waals surface area contributed by atoms with E-state index in [2.05, 4.69) is 10.3 Å². The minimum Gasteiger partial charge on any atom is -0.495 e. The predicted molar refractivity (Wildman–Crippen MR) is 112 cm³/mol. The van der Waals surface area contributed by atoms with Crippen molar-refractivity contribution in [1.82, 2.24) is 14.8 Å². The van der Waals surface area contributed by atoms with Crippen molar-refractivity contribution in [3.63, 3.8) is 0 Å². The van der Waals surface area contributed by atoms with Crippen molar-refractivity contribution in [3.05, 3.63) is 47.9 Å². The number of pyridine rings is 1. The van der Waals surface area contributed by atoms with Gasteiger partial charge in [-0.05, 0) is 57.7 Å². The number of hydrogen-bond acceptors (Lipinski definition) is 6. The minimum atomic E-state index is -0.947. The van der Waals surface area contributed by atoms with Gasteiger partial charge in [0.05, 0.1) is 35.7 Å². The van der Waals surface area contributed by atoms with Gasteiger partial charge in [0, 0.05) is 23.3 Å². The Morgan fingerprint density at radius 1 is 1.28 bits per heavy atom. The van der Waals surface area contributed by atoms with Crippen LogP contribution >= 0.6 is 0 Å². The third-order valence-electron chi connectivity index (χ3n) is 5.73. The molecule has 1 atom stereocenters. The highest BCUT2D eigenvalue weighted by Crippen LogP contribution is 2.36. The molecule has 4 rings (SSSR count). The largest absolute Gasteiger partial charge is 0.495 e. The number of methoxy groups -OCH3 is 1. The van der Waals surface area contributed by atoms with Gasteiger partial charge in [-0.1, -0.05) is 6.07 Å². The maximum Gasteiger partial charge on any atom is 0.168 e. The Labute approximate surface area is 170 Å². The summed E-state index contributed by atoms with van der Waals surface area (Å²) in [5, 5.41) is 29.6. The third-order valence-corrected chi connectivity index (χ3v) is 5.73. The molecular formula is C22H28N4O3. The first-order chi connectivity index (χ1) is 13.8. The first-order valence-electron chi connectivity index (χ1n) is 10.0. The monoisotopic (exact) mass is 396 g/mol. The van der Waals surface area contributed by atoms with Gasteiger partial charge in [0.1, 0.15) is 5.75 Å². The van der Waals surface area contributed by atoms with E-state index in [0.29, 0.717) is 17.1 Å². The smallest absolute Gasteiger partial charge is 0.168 e. The number of nitrogens with one attached hydrogen (secondary N) is 1. The van der Waals surface area contributed by atoms with Crippen LogP contribution in [0, 0.1) is 6.92 Å². The van der Waals surface area contributed by atoms with Crippen LogP contribution in [0.15, 0.2) is 36.5 Å². The van der Waals surface area contributed by atoms with Crippen LogP contribution in [0.4, 0.5) is 5.69 Å². The number of benzene rings is 1. The van der Waals surface area contributed by atoms with Crippen molar-refractivity contribution < 1.29 is 14.9 Å². The van der Waals surface area contributed by atoms with Gasteiger partial charge in [-0.3, -0.25) is 9.67 Å². The van der Waals surface area contributed by atoms with Gasteiger partial charge in [-0.15, -0.1) is 0 Å². The van der Waals surface area contributed by atoms with Gasteiger partial charge < -0.3 is 20.3 Å². The molecule has 0 amide bonds. The Morgan fingerprint density at radius 2 is 2.03 bits per heavy atom. The molecule has 29 heavy (non-hydrogen) atoms. The molecule has 0 spiro atoms. The molecule has 2 heterocycles. The summed E-state index contributed by atoms with van der Waals surface area (Å²) < 4.78 is 7.52. The van der Waals surface area contributed by atoms with Crippen molar-refractivity contribution >= 4 is 16.6 Å². The number of hydrogen-bond donors (Lipinski definition) is 3. The second-order valence-corrected chi connectivity index (χ2v) is 8.20. The molecule has 1 aliphatic rings. The van der Waals surface area contributed by atoms with Gasteiger partial charge in [0.2, 0.25) is 0 Å². The second kappa shape index (κ2) is 7.65. The zero-order chi connectivity index (χ0) is 20.6. The van der Waals surface area contributed by atoms with Crippen LogP contribution in [0.1, 0.15) is 56.3 Å². The van der Waals surface area contributed by atoms with Crippen LogP contribution in [-0.4, -0.2) is 37.7 Å². The SMILES string of the molecule is COc1cc2nn(C3CCC(C)(O)CC3)cc2cc1NC(O)c1cccc(C)n1. The predicted octanol–water partition coefficient (Wildman–Crippen LogP) is 3.72. The molecule has 1 aliphatic carbocycles. The topological polar surface area (TPSA) is 92.4 Å². The molecule has 0 bridgehead atoms. The number of nitrogens with zero attached hydrogens (tertiary/aromatic N) is 3. The maximum absolute atomic E-state index is 10.6. The van der Waals surface area contributed by atoms with Gasteiger partial charge in [0.25, 0.3) is 0 Å². The lowest BCUT2D eigenvalue weighted by molar-refractivity contribution is 0.00860. The third kappa shape index (κ3) is 4.21. The molecule has 0 saturated heterocycles. The average Bonchev–Trinajstić information content (AvgIpc) is 3.10. The fraction of sp³-hybridized carbons (Fsp3) is 0.455. The number of rotatable bonds is 5. The zero-order valence-electron chi connectivity index (χ0n) is 17.1. The van der Waals surface area contributed by atoms with E-state index in [1.165, 1.54) is 0 Å². The van der Waals surface area contributed by atoms with E-state index in [4.69, 9.17) is 9.84 Å². The molecule has 0 radical (unpaired) electrons. The van der Waals surface area contributed by atoms with Gasteiger partial charge in [-0.25, -0.2) is 0 Å². The van der Waals surface area contributed by atoms with Crippen LogP contribution in [0.25, 0.3) is 10.9 Å². The lowest BCUT2D eigenvalue weighted by Crippen LogP contribution is -2.31. The maximum atomic E-state index is 10.6. The Balaban J connectivity index is 1.60. The lowest BCUT2D eigenvalue weighted by atomic mass is 9.84. The van der Waals surface area contributed by atoms with E-state index in [9.17, 15) is 10.2 Å². The first kappa shape index (κ1) is 19.7. The van der Waals surface area contributed by atoms with Crippen molar-refractivity contribution in [2.45, 2.75) is 57.4 Å². The second-order valence-electron chi connectivity index (χ2n) is 8.20. The fourth-order valence-corrected chi connectivity index (χ4v) is 3.97. The van der Waals surface area contributed by atoms with Gasteiger partial charge in [0.15, 0.2) is 6.23 Å². The molecular weight excluding hydrogens is 368 g/mol. The quantitative estimate of drug-likeness (QED) is 0.569. The molecule has 154 valence electrons. The Morgan fingerprint density at radius 3 is 2.72 bits per heavy atom. The fourth-order valence-electron chi connectivity index (χ4n) is 3.97. The molecule has 2 aromatic heterocycles. The molecule has 1 fully saturated rings. The minimum absolute atomic E-state index is 0.284. The molecule has 0 aliphatic heterocycles. The normalized spacial score (nSPS) is 23.1. The van der Waals surface area contributed by atoms with Crippen LogP contribution in [0.3, 0.4) is 0 Å². The highest BCUT2D eigenvalue weighted by atomic mass is 16.5. The van der Waals surface area contributed by atoms with Crippen molar-refractivity contribution in [2.75, 3.05) is 12.4 Å². The average molecular weight is 396 g/mol. The van der Waals surface area contributed by atoms with Crippen LogP contribution in [0.2, 0.25) is 0 Å². The number of anilines is 1. The zero-order valence-corrected chi connectivity index (χ0v) is 17.1. The van der Waals surface area contributed by atoms with E-state index < -0.39 is 11.8 Å². The highest BCUT2D eigenvalue weighted by Gasteiger charge is 2.30. The van der Waals surface area contributed by atoms with E-state index in [-0.39, 0.29) is 6.04 Å². The summed E-state index contributed by atoms with van der Waals surface area (Å²) in [4.78, 5) is 4.37. The molecule has 3 aromatic rings. The van der Waals surface area contributed by atoms with Crippen molar-refractivity contribution in [3.8, 4) is 5.75 Å². The summed E-state index contributed by atoms with van der Waals surface area (Å²) in [6.45, 7) is 3.79. The number of aryl methyl sites for hydroxylation is 1. The number of aromatic nitrogens is 3. The van der Waals surface area contributed by atoms with Crippen molar-refractivity contribution in [2.24, 2.45) is 0 Å². The van der Waals surface area contributed by atoms with Crippen LogP contribution in [-0.2, 0) is 0 Å². The van der Waals surface area contributed by atoms with Crippen LogP contribution < -0.4 is 10.1 Å². The lowest BCUT2D eigenvalue weighted by Gasteiger charge is -2.33. The summed E-state index contributed by atoms with van der Waals surface area (Å²) in [5.74, 6) is 0.612. The van der Waals surface area contributed by atoms with E-state index in [1.807, 2.05) is 49.0 Å². The van der Waals surface area contributed by atoms with Gasteiger partial charge in [-0.2, -0.15) is 5.10 Å². The van der Waals surface area contributed by atoms with Crippen LogP contribution in [0.5, 0.6) is 5.75 Å². The van der Waals surface area contributed by atoms with Crippen molar-refractivity contribution in [1.29, 1.82) is 0 Å². The number of ether oxygens (including phenoxy) is 1. The van der Waals surface area contributed by atoms with Gasteiger partial charge >= 0.3 is 0 Å². The molecule has 1 unspecified atom stereocenters. The molecule has 1 saturated carbocycles. The van der Waals surface area contributed by atoms with E-state index >= 15 is 0 Å². The summed E-state index contributed by atoms with van der Waals surface area (Å²) in [7, 11) is 1.60. The Kier molecular flexibility index (Phi) is 5.19. The Bertz CT molecular complexity index is 1000. The highest BCUT2D eigenvalue weighted by molar-refractivity contribution is 5.85. The molecule has 3 N–H and O–H groups in total. The molecule has 7 heteroatoms. The summed E-state index contributed by atoms with van der Waals surface area (Å²) in [5.41, 5.74) is 2.36. The molecule has 7 nitrogen and oxygen atoms in total. The summed E-state index contributed by atoms with van der Waals surface area (Å²) in [6.07, 6.45) is 4.44. The number of fused-ring (bicyclic) bond motifs is 1. The summed E-state index contributed by atoms with van der Waals surface area (Å²) >= 11 is 0.